The van der Waals surface area contributed by atoms with Gasteiger partial charge in [-0.2, -0.15) is 4.31 Å². The van der Waals surface area contributed by atoms with Crippen LogP contribution in [0.2, 0.25) is 5.15 Å². The van der Waals surface area contributed by atoms with E-state index in [0.29, 0.717) is 26.2 Å². The van der Waals surface area contributed by atoms with Crippen molar-refractivity contribution in [3.63, 3.8) is 0 Å². The lowest BCUT2D eigenvalue weighted by Crippen LogP contribution is -2.36. The predicted molar refractivity (Wildman–Crippen MR) is 80.9 cm³/mol. The largest absolute Gasteiger partial charge is 0.383 e. The maximum absolute atomic E-state index is 12.6. The van der Waals surface area contributed by atoms with Gasteiger partial charge in [0, 0.05) is 39.5 Å². The molecule has 0 unspecified atom stereocenters. The first kappa shape index (κ1) is 16.6. The standard InChI is InChI=1S/C13H20ClN3O3S/c1-20-10-9-16-5-2-6-17(8-7-16)21(18,19)12-3-4-15-13(14)11-12/h3-4,11H,2,5-10H2,1H3. The second kappa shape index (κ2) is 7.51. The first-order chi connectivity index (χ1) is 10.0. The van der Waals surface area contributed by atoms with Crippen LogP contribution in [0.15, 0.2) is 23.2 Å². The zero-order chi connectivity index (χ0) is 15.3. The molecule has 0 aliphatic carbocycles. The first-order valence-corrected chi connectivity index (χ1v) is 8.69. The van der Waals surface area contributed by atoms with Crippen LogP contribution < -0.4 is 0 Å². The summed E-state index contributed by atoms with van der Waals surface area (Å²) in [5.74, 6) is 0. The van der Waals surface area contributed by atoms with Gasteiger partial charge in [0.1, 0.15) is 5.15 Å². The molecule has 0 saturated carbocycles. The molecule has 1 fully saturated rings. The van der Waals surface area contributed by atoms with Gasteiger partial charge in [0.25, 0.3) is 0 Å². The van der Waals surface area contributed by atoms with Crippen LogP contribution in [0, 0.1) is 0 Å². The fraction of sp³-hybridized carbons (Fsp3) is 0.615. The molecule has 8 heteroatoms. The summed E-state index contributed by atoms with van der Waals surface area (Å²) in [6, 6.07) is 2.87. The van der Waals surface area contributed by atoms with Gasteiger partial charge in [0.15, 0.2) is 0 Å². The molecule has 1 aromatic rings. The highest BCUT2D eigenvalue weighted by Crippen LogP contribution is 2.19. The minimum absolute atomic E-state index is 0.188. The summed E-state index contributed by atoms with van der Waals surface area (Å²) < 4.78 is 31.8. The number of pyridine rings is 1. The molecule has 1 aliphatic rings. The van der Waals surface area contributed by atoms with Crippen molar-refractivity contribution in [3.8, 4) is 0 Å². The second-order valence-corrected chi connectivity index (χ2v) is 7.23. The average molecular weight is 334 g/mol. The zero-order valence-electron chi connectivity index (χ0n) is 12.0. The molecule has 0 amide bonds. The van der Waals surface area contributed by atoms with Crippen molar-refractivity contribution in [3.05, 3.63) is 23.5 Å². The minimum Gasteiger partial charge on any atom is -0.383 e. The Morgan fingerprint density at radius 1 is 1.33 bits per heavy atom. The van der Waals surface area contributed by atoms with Crippen LogP contribution in [0.5, 0.6) is 0 Å². The molecule has 6 nitrogen and oxygen atoms in total. The molecular formula is C13H20ClN3O3S. The van der Waals surface area contributed by atoms with Crippen molar-refractivity contribution in [1.29, 1.82) is 0 Å². The van der Waals surface area contributed by atoms with Crippen LogP contribution in [-0.2, 0) is 14.8 Å². The third-order valence-electron chi connectivity index (χ3n) is 3.49. The fourth-order valence-electron chi connectivity index (χ4n) is 2.33. The van der Waals surface area contributed by atoms with Gasteiger partial charge < -0.3 is 4.74 Å². The van der Waals surface area contributed by atoms with Gasteiger partial charge >= 0.3 is 0 Å². The Kier molecular flexibility index (Phi) is 5.95. The van der Waals surface area contributed by atoms with E-state index in [4.69, 9.17) is 16.3 Å². The van der Waals surface area contributed by atoms with Crippen molar-refractivity contribution in [1.82, 2.24) is 14.2 Å². The summed E-state index contributed by atoms with van der Waals surface area (Å²) in [6.45, 7) is 4.07. The summed E-state index contributed by atoms with van der Waals surface area (Å²) in [7, 11) is -1.83. The van der Waals surface area contributed by atoms with Crippen LogP contribution in [-0.4, -0.2) is 69.0 Å². The molecule has 0 N–H and O–H groups in total. The molecule has 2 rings (SSSR count). The van der Waals surface area contributed by atoms with E-state index in [1.54, 1.807) is 7.11 Å². The highest BCUT2D eigenvalue weighted by atomic mass is 35.5. The molecule has 0 spiro atoms. The van der Waals surface area contributed by atoms with E-state index in [-0.39, 0.29) is 10.0 Å². The summed E-state index contributed by atoms with van der Waals surface area (Å²) >= 11 is 5.79. The van der Waals surface area contributed by atoms with Crippen molar-refractivity contribution < 1.29 is 13.2 Å². The van der Waals surface area contributed by atoms with E-state index in [1.807, 2.05) is 0 Å². The Hall–Kier alpha value is -0.730. The number of hydrogen-bond donors (Lipinski definition) is 0. The Bertz CT molecular complexity index is 568. The van der Waals surface area contributed by atoms with Gasteiger partial charge in [-0.3, -0.25) is 4.90 Å². The summed E-state index contributed by atoms with van der Waals surface area (Å²) in [4.78, 5) is 6.25. The lowest BCUT2D eigenvalue weighted by Gasteiger charge is -2.21. The lowest BCUT2D eigenvalue weighted by molar-refractivity contribution is 0.151. The summed E-state index contributed by atoms with van der Waals surface area (Å²) in [6.07, 6.45) is 2.22. The Morgan fingerprint density at radius 2 is 2.14 bits per heavy atom. The second-order valence-electron chi connectivity index (χ2n) is 4.91. The fourth-order valence-corrected chi connectivity index (χ4v) is 4.05. The van der Waals surface area contributed by atoms with Crippen LogP contribution in [0.25, 0.3) is 0 Å². The molecule has 0 aromatic carbocycles. The van der Waals surface area contributed by atoms with Crippen LogP contribution >= 0.6 is 11.6 Å². The third kappa shape index (κ3) is 4.37. The summed E-state index contributed by atoms with van der Waals surface area (Å²) in [5.41, 5.74) is 0. The van der Waals surface area contributed by atoms with E-state index in [1.165, 1.54) is 22.6 Å². The Balaban J connectivity index is 2.07. The molecule has 118 valence electrons. The molecule has 1 aliphatic heterocycles. The van der Waals surface area contributed by atoms with Crippen molar-refractivity contribution in [2.24, 2.45) is 0 Å². The maximum Gasteiger partial charge on any atom is 0.243 e. The molecule has 0 radical (unpaired) electrons. The van der Waals surface area contributed by atoms with Gasteiger partial charge in [-0.05, 0) is 25.1 Å². The van der Waals surface area contributed by atoms with Gasteiger partial charge in [-0.1, -0.05) is 11.6 Å². The van der Waals surface area contributed by atoms with Crippen molar-refractivity contribution >= 4 is 21.6 Å². The lowest BCUT2D eigenvalue weighted by atomic mass is 10.4. The van der Waals surface area contributed by atoms with E-state index in [0.717, 1.165) is 19.5 Å². The van der Waals surface area contributed by atoms with Crippen LogP contribution in [0.1, 0.15) is 6.42 Å². The van der Waals surface area contributed by atoms with Gasteiger partial charge in [0.05, 0.1) is 11.5 Å². The quantitative estimate of drug-likeness (QED) is 0.754. The molecular weight excluding hydrogens is 314 g/mol. The number of ether oxygens (including phenoxy) is 1. The normalized spacial score (nSPS) is 18.6. The van der Waals surface area contributed by atoms with Crippen LogP contribution in [0.3, 0.4) is 0 Å². The third-order valence-corrected chi connectivity index (χ3v) is 5.60. The Labute approximate surface area is 130 Å². The van der Waals surface area contributed by atoms with Crippen molar-refractivity contribution in [2.75, 3.05) is 46.4 Å². The predicted octanol–water partition coefficient (Wildman–Crippen LogP) is 1.08. The molecule has 0 bridgehead atoms. The SMILES string of the molecule is COCCN1CCCN(S(=O)(=O)c2ccnc(Cl)c2)CC1. The van der Waals surface area contributed by atoms with E-state index < -0.39 is 10.0 Å². The van der Waals surface area contributed by atoms with Crippen LogP contribution in [0.4, 0.5) is 0 Å². The number of hydrogen-bond acceptors (Lipinski definition) is 5. The van der Waals surface area contributed by atoms with E-state index in [9.17, 15) is 8.42 Å². The van der Waals surface area contributed by atoms with Gasteiger partial charge in [0.2, 0.25) is 10.0 Å². The Morgan fingerprint density at radius 3 is 2.86 bits per heavy atom. The topological polar surface area (TPSA) is 62.7 Å². The monoisotopic (exact) mass is 333 g/mol. The molecule has 0 atom stereocenters. The average Bonchev–Trinajstić information content (AvgIpc) is 2.71. The molecule has 21 heavy (non-hydrogen) atoms. The number of sulfonamides is 1. The van der Waals surface area contributed by atoms with Gasteiger partial charge in [-0.25, -0.2) is 13.4 Å². The zero-order valence-corrected chi connectivity index (χ0v) is 13.6. The first-order valence-electron chi connectivity index (χ1n) is 6.87. The number of rotatable bonds is 5. The molecule has 1 saturated heterocycles. The summed E-state index contributed by atoms with van der Waals surface area (Å²) in [5, 5.41) is 0.188. The number of halogens is 1. The van der Waals surface area contributed by atoms with Crippen molar-refractivity contribution in [2.45, 2.75) is 11.3 Å². The number of nitrogens with zero attached hydrogens (tertiary/aromatic N) is 3. The van der Waals surface area contributed by atoms with E-state index in [2.05, 4.69) is 9.88 Å². The maximum atomic E-state index is 12.6. The van der Waals surface area contributed by atoms with Gasteiger partial charge in [-0.15, -0.1) is 0 Å². The smallest absolute Gasteiger partial charge is 0.243 e. The number of methoxy groups -OCH3 is 1. The highest BCUT2D eigenvalue weighted by Gasteiger charge is 2.27. The number of aromatic nitrogens is 1. The molecule has 1 aromatic heterocycles. The van der Waals surface area contributed by atoms with E-state index >= 15 is 0 Å². The highest BCUT2D eigenvalue weighted by molar-refractivity contribution is 7.89. The minimum atomic E-state index is -3.50. The molecule has 2 heterocycles.